The first-order chi connectivity index (χ1) is 7.34. The van der Waals surface area contributed by atoms with Crippen LogP contribution in [0.4, 0.5) is 0 Å². The first kappa shape index (κ1) is 8.67. The van der Waals surface area contributed by atoms with E-state index in [0.29, 0.717) is 0 Å². The lowest BCUT2D eigenvalue weighted by atomic mass is 10.3. The van der Waals surface area contributed by atoms with E-state index in [2.05, 4.69) is 20.0 Å². The van der Waals surface area contributed by atoms with Gasteiger partial charge < -0.3 is 9.88 Å². The normalized spacial score (nSPS) is 15.3. The van der Waals surface area contributed by atoms with Crippen LogP contribution in [-0.4, -0.2) is 25.9 Å². The molecule has 0 aliphatic carbocycles. The number of rotatable bonds is 1. The molecule has 0 atom stereocenters. The lowest BCUT2D eigenvalue weighted by molar-refractivity contribution is 0.508. The van der Waals surface area contributed by atoms with Gasteiger partial charge in [-0.1, -0.05) is 0 Å². The van der Waals surface area contributed by atoms with E-state index < -0.39 is 0 Å². The molecule has 5 nitrogen and oxygen atoms in total. The minimum absolute atomic E-state index is 0.854. The molecule has 2 aromatic heterocycles. The molecule has 3 heterocycles. The van der Waals surface area contributed by atoms with Gasteiger partial charge in [-0.25, -0.2) is 4.98 Å². The Bertz CT molecular complexity index is 482. The van der Waals surface area contributed by atoms with Gasteiger partial charge in [0.05, 0.1) is 18.4 Å². The van der Waals surface area contributed by atoms with Crippen molar-refractivity contribution in [2.24, 2.45) is 7.05 Å². The second-order valence-corrected chi connectivity index (χ2v) is 3.76. The molecule has 5 heteroatoms. The molecule has 0 aromatic carbocycles. The molecule has 0 spiro atoms. The monoisotopic (exact) mass is 203 g/mol. The maximum absolute atomic E-state index is 4.40. The quantitative estimate of drug-likeness (QED) is 0.729. The molecular weight excluding hydrogens is 190 g/mol. The summed E-state index contributed by atoms with van der Waals surface area (Å²) < 4.78 is 4.05. The molecule has 0 unspecified atom stereocenters. The molecule has 78 valence electrons. The fourth-order valence-corrected chi connectivity index (χ4v) is 1.95. The van der Waals surface area contributed by atoms with Crippen molar-refractivity contribution in [3.8, 4) is 11.4 Å². The number of hydrogen-bond donors (Lipinski definition) is 1. The Morgan fingerprint density at radius 3 is 3.20 bits per heavy atom. The second-order valence-electron chi connectivity index (χ2n) is 3.76. The third-order valence-corrected chi connectivity index (χ3v) is 2.71. The third-order valence-electron chi connectivity index (χ3n) is 2.71. The molecule has 0 amide bonds. The smallest absolute Gasteiger partial charge is 0.123 e. The van der Waals surface area contributed by atoms with Gasteiger partial charge in [0.1, 0.15) is 11.5 Å². The molecule has 2 aromatic rings. The van der Waals surface area contributed by atoms with E-state index in [9.17, 15) is 0 Å². The van der Waals surface area contributed by atoms with Crippen molar-refractivity contribution in [2.45, 2.75) is 13.1 Å². The van der Waals surface area contributed by atoms with Gasteiger partial charge in [0, 0.05) is 26.3 Å². The summed E-state index contributed by atoms with van der Waals surface area (Å²) in [5.74, 6) is 1.10. The highest BCUT2D eigenvalue weighted by Gasteiger charge is 2.15. The largest absolute Gasteiger partial charge is 0.324 e. The van der Waals surface area contributed by atoms with E-state index in [4.69, 9.17) is 0 Å². The summed E-state index contributed by atoms with van der Waals surface area (Å²) in [5, 5.41) is 7.70. The van der Waals surface area contributed by atoms with Crippen LogP contribution >= 0.6 is 0 Å². The minimum atomic E-state index is 0.854. The van der Waals surface area contributed by atoms with Gasteiger partial charge in [0.15, 0.2) is 0 Å². The molecule has 1 aliphatic heterocycles. The molecular formula is C10H13N5. The zero-order valence-corrected chi connectivity index (χ0v) is 8.64. The first-order valence-electron chi connectivity index (χ1n) is 5.10. The van der Waals surface area contributed by atoms with Crippen LogP contribution in [-0.2, 0) is 20.1 Å². The van der Waals surface area contributed by atoms with Crippen molar-refractivity contribution in [3.05, 3.63) is 24.3 Å². The lowest BCUT2D eigenvalue weighted by Crippen LogP contribution is -2.28. The number of fused-ring (bicyclic) bond motifs is 1. The molecule has 3 rings (SSSR count). The Hall–Kier alpha value is -1.62. The average molecular weight is 203 g/mol. The number of nitrogens with zero attached hydrogens (tertiary/aromatic N) is 4. The van der Waals surface area contributed by atoms with E-state index in [1.54, 1.807) is 0 Å². The van der Waals surface area contributed by atoms with Crippen LogP contribution in [0.5, 0.6) is 0 Å². The molecule has 0 bridgehead atoms. The van der Waals surface area contributed by atoms with Crippen molar-refractivity contribution >= 4 is 0 Å². The Morgan fingerprint density at radius 1 is 1.47 bits per heavy atom. The second kappa shape index (κ2) is 3.20. The van der Waals surface area contributed by atoms with E-state index in [1.165, 1.54) is 0 Å². The number of aromatic nitrogens is 4. The zero-order chi connectivity index (χ0) is 10.3. The van der Waals surface area contributed by atoms with Gasteiger partial charge >= 0.3 is 0 Å². The molecule has 15 heavy (non-hydrogen) atoms. The zero-order valence-electron chi connectivity index (χ0n) is 8.64. The van der Waals surface area contributed by atoms with Gasteiger partial charge in [-0.15, -0.1) is 0 Å². The Kier molecular flexibility index (Phi) is 1.85. The number of nitrogens with one attached hydrogen (secondary N) is 1. The topological polar surface area (TPSA) is 47.7 Å². The van der Waals surface area contributed by atoms with Crippen LogP contribution in [0.15, 0.2) is 18.5 Å². The summed E-state index contributed by atoms with van der Waals surface area (Å²) >= 11 is 0. The van der Waals surface area contributed by atoms with Crippen LogP contribution in [0.1, 0.15) is 5.82 Å². The molecule has 1 aliphatic rings. The fourth-order valence-electron chi connectivity index (χ4n) is 1.95. The van der Waals surface area contributed by atoms with Crippen LogP contribution in [0.25, 0.3) is 11.4 Å². The Balaban J connectivity index is 2.08. The van der Waals surface area contributed by atoms with Crippen molar-refractivity contribution in [2.75, 3.05) is 6.54 Å². The number of aryl methyl sites for hydroxylation is 1. The fraction of sp³-hybridized carbons (Fsp3) is 0.400. The predicted molar refractivity (Wildman–Crippen MR) is 56.1 cm³/mol. The molecule has 0 saturated heterocycles. The van der Waals surface area contributed by atoms with Crippen molar-refractivity contribution < 1.29 is 0 Å². The van der Waals surface area contributed by atoms with E-state index in [-0.39, 0.29) is 0 Å². The van der Waals surface area contributed by atoms with Gasteiger partial charge in [-0.05, 0) is 6.07 Å². The summed E-state index contributed by atoms with van der Waals surface area (Å²) in [5.41, 5.74) is 2.12. The summed E-state index contributed by atoms with van der Waals surface area (Å²) in [6.45, 7) is 2.83. The van der Waals surface area contributed by atoms with Crippen LogP contribution in [0, 0.1) is 0 Å². The molecule has 1 N–H and O–H groups in total. The summed E-state index contributed by atoms with van der Waals surface area (Å²) in [6, 6.07) is 2.02. The Morgan fingerprint density at radius 2 is 2.40 bits per heavy atom. The summed E-state index contributed by atoms with van der Waals surface area (Å²) in [4.78, 5) is 4.39. The maximum atomic E-state index is 4.40. The van der Waals surface area contributed by atoms with Crippen molar-refractivity contribution in [1.29, 1.82) is 0 Å². The predicted octanol–water partition coefficient (Wildman–Crippen LogP) is 0.387. The summed E-state index contributed by atoms with van der Waals surface area (Å²) in [6.07, 6.45) is 3.86. The average Bonchev–Trinajstić information content (AvgIpc) is 2.83. The number of imidazole rings is 1. The highest BCUT2D eigenvalue weighted by molar-refractivity contribution is 5.53. The van der Waals surface area contributed by atoms with Crippen molar-refractivity contribution in [1.82, 2.24) is 24.6 Å². The van der Waals surface area contributed by atoms with Gasteiger partial charge in [-0.3, -0.25) is 4.68 Å². The number of hydrogen-bond acceptors (Lipinski definition) is 3. The third kappa shape index (κ3) is 1.35. The molecule has 0 fully saturated rings. The summed E-state index contributed by atoms with van der Waals surface area (Å²) in [7, 11) is 1.93. The van der Waals surface area contributed by atoms with Gasteiger partial charge in [-0.2, -0.15) is 5.10 Å². The highest BCUT2D eigenvalue weighted by atomic mass is 15.3. The van der Waals surface area contributed by atoms with Crippen LogP contribution in [0.2, 0.25) is 0 Å². The Labute approximate surface area is 87.7 Å². The van der Waals surface area contributed by atoms with Gasteiger partial charge in [0.2, 0.25) is 0 Å². The standard InChI is InChI=1S/C10H13N5/c1-14-4-2-8(13-14)9-6-12-10-7-11-3-5-15(9)10/h2,4,6,11H,3,5,7H2,1H3. The van der Waals surface area contributed by atoms with E-state index in [0.717, 1.165) is 36.8 Å². The molecule has 0 saturated carbocycles. The van der Waals surface area contributed by atoms with E-state index >= 15 is 0 Å². The minimum Gasteiger partial charge on any atom is -0.324 e. The van der Waals surface area contributed by atoms with Crippen molar-refractivity contribution in [3.63, 3.8) is 0 Å². The highest BCUT2D eigenvalue weighted by Crippen LogP contribution is 2.19. The van der Waals surface area contributed by atoms with Gasteiger partial charge in [0.25, 0.3) is 0 Å². The SMILES string of the molecule is Cn1ccc(-c2cnc3n2CCNC3)n1. The van der Waals surface area contributed by atoms with Crippen LogP contribution in [0.3, 0.4) is 0 Å². The first-order valence-corrected chi connectivity index (χ1v) is 5.10. The van der Waals surface area contributed by atoms with Crippen LogP contribution < -0.4 is 5.32 Å². The molecule has 0 radical (unpaired) electrons. The maximum Gasteiger partial charge on any atom is 0.123 e. The lowest BCUT2D eigenvalue weighted by Gasteiger charge is -2.16. The van der Waals surface area contributed by atoms with E-state index in [1.807, 2.05) is 30.2 Å².